The number of nitro benzene ring substituents is 1. The molecular weight excluding hydrogens is 482 g/mol. The van der Waals surface area contributed by atoms with Gasteiger partial charge in [-0.2, -0.15) is 5.10 Å². The zero-order valence-electron chi connectivity index (χ0n) is 15.1. The molecule has 2 N–H and O–H groups in total. The van der Waals surface area contributed by atoms with Crippen LogP contribution in [0.4, 0.5) is 17.2 Å². The maximum absolute atomic E-state index is 10.9. The first-order valence-corrected chi connectivity index (χ1v) is 9.82. The first kappa shape index (κ1) is 21.0. The van der Waals surface area contributed by atoms with Crippen molar-refractivity contribution in [3.05, 3.63) is 73.8 Å². The fourth-order valence-corrected chi connectivity index (χ4v) is 3.34. The lowest BCUT2D eigenvalue weighted by molar-refractivity contribution is -0.384. The molecule has 0 radical (unpaired) electrons. The topological polar surface area (TPSA) is 94.2 Å². The molecule has 8 nitrogen and oxygen atoms in total. The molecular formula is C18H15BrClN5O3S. The number of benzene rings is 2. The zero-order chi connectivity index (χ0) is 21.0. The van der Waals surface area contributed by atoms with Gasteiger partial charge in [0.15, 0.2) is 10.9 Å². The van der Waals surface area contributed by atoms with E-state index < -0.39 is 4.92 Å². The van der Waals surface area contributed by atoms with Gasteiger partial charge in [-0.25, -0.2) is 0 Å². The highest BCUT2D eigenvalue weighted by Crippen LogP contribution is 2.29. The van der Waals surface area contributed by atoms with Crippen molar-refractivity contribution in [1.82, 2.24) is 9.78 Å². The van der Waals surface area contributed by atoms with E-state index in [0.717, 1.165) is 5.56 Å². The highest BCUT2D eigenvalue weighted by atomic mass is 79.9. The van der Waals surface area contributed by atoms with Gasteiger partial charge in [0.2, 0.25) is 0 Å². The first-order chi connectivity index (χ1) is 13.9. The quantitative estimate of drug-likeness (QED) is 0.279. The third-order valence-electron chi connectivity index (χ3n) is 3.88. The molecule has 0 fully saturated rings. The smallest absolute Gasteiger partial charge is 0.273 e. The van der Waals surface area contributed by atoms with Crippen molar-refractivity contribution in [3.8, 4) is 5.75 Å². The minimum atomic E-state index is -0.494. The van der Waals surface area contributed by atoms with Crippen molar-refractivity contribution in [3.63, 3.8) is 0 Å². The van der Waals surface area contributed by atoms with E-state index in [2.05, 4.69) is 31.7 Å². The van der Waals surface area contributed by atoms with E-state index in [1.807, 2.05) is 24.3 Å². The average Bonchev–Trinajstić information content (AvgIpc) is 3.02. The van der Waals surface area contributed by atoms with Crippen LogP contribution in [0.1, 0.15) is 5.56 Å². The molecule has 1 aromatic heterocycles. The Morgan fingerprint density at radius 2 is 2.10 bits per heavy atom. The second-order valence-electron chi connectivity index (χ2n) is 5.84. The van der Waals surface area contributed by atoms with Gasteiger partial charge in [-0.3, -0.25) is 14.8 Å². The molecule has 0 saturated heterocycles. The molecule has 29 heavy (non-hydrogen) atoms. The minimum absolute atomic E-state index is 0.0765. The summed E-state index contributed by atoms with van der Waals surface area (Å²) in [7, 11) is 1.42. The van der Waals surface area contributed by atoms with Crippen molar-refractivity contribution in [1.29, 1.82) is 0 Å². The fourth-order valence-electron chi connectivity index (χ4n) is 2.52. The van der Waals surface area contributed by atoms with Gasteiger partial charge in [0.05, 0.1) is 34.8 Å². The number of rotatable bonds is 6. The third kappa shape index (κ3) is 5.22. The summed E-state index contributed by atoms with van der Waals surface area (Å²) in [5, 5.41) is 22.2. The van der Waals surface area contributed by atoms with Crippen LogP contribution < -0.4 is 15.4 Å². The van der Waals surface area contributed by atoms with Gasteiger partial charge < -0.3 is 15.4 Å². The molecule has 3 rings (SSSR count). The number of methoxy groups -OCH3 is 1. The van der Waals surface area contributed by atoms with Crippen LogP contribution in [-0.4, -0.2) is 26.9 Å². The molecule has 0 saturated carbocycles. The average molecular weight is 497 g/mol. The largest absolute Gasteiger partial charge is 0.494 e. The van der Waals surface area contributed by atoms with Gasteiger partial charge >= 0.3 is 0 Å². The Balaban J connectivity index is 1.71. The maximum atomic E-state index is 10.9. The van der Waals surface area contributed by atoms with Crippen molar-refractivity contribution >= 4 is 62.1 Å². The number of nitrogens with zero attached hydrogens (tertiary/aromatic N) is 3. The van der Waals surface area contributed by atoms with Crippen molar-refractivity contribution < 1.29 is 9.66 Å². The summed E-state index contributed by atoms with van der Waals surface area (Å²) in [6.45, 7) is 0.496. The summed E-state index contributed by atoms with van der Waals surface area (Å²) in [4.78, 5) is 10.4. The number of hydrogen-bond donors (Lipinski definition) is 2. The number of nitro groups is 1. The second kappa shape index (κ2) is 9.21. The van der Waals surface area contributed by atoms with E-state index in [9.17, 15) is 10.1 Å². The molecule has 0 atom stereocenters. The van der Waals surface area contributed by atoms with E-state index in [1.165, 1.54) is 25.3 Å². The summed E-state index contributed by atoms with van der Waals surface area (Å²) in [6, 6.07) is 11.7. The zero-order valence-corrected chi connectivity index (χ0v) is 18.2. The van der Waals surface area contributed by atoms with Crippen molar-refractivity contribution in [2.75, 3.05) is 17.7 Å². The third-order valence-corrected chi connectivity index (χ3v) is 5.04. The Labute approximate surface area is 185 Å². The van der Waals surface area contributed by atoms with E-state index in [4.69, 9.17) is 28.6 Å². The Kier molecular flexibility index (Phi) is 6.68. The standard InChI is InChI=1S/C18H15BrClN5O3S/c1-28-16-8-12(25(26)27)6-7-15(16)21-18(29)22-17-13(19)10-24(23-17)9-11-4-2-3-5-14(11)20/h2-8,10H,9H2,1H3,(H2,21,22,23,29). The number of anilines is 2. The molecule has 150 valence electrons. The lowest BCUT2D eigenvalue weighted by atomic mass is 10.2. The highest BCUT2D eigenvalue weighted by Gasteiger charge is 2.14. The predicted molar refractivity (Wildman–Crippen MR) is 120 cm³/mol. The van der Waals surface area contributed by atoms with Crippen LogP contribution in [0.3, 0.4) is 0 Å². The number of ether oxygens (including phenoxy) is 1. The molecule has 0 amide bonds. The van der Waals surface area contributed by atoms with Crippen LogP contribution in [0.15, 0.2) is 53.1 Å². The van der Waals surface area contributed by atoms with Crippen LogP contribution in [0, 0.1) is 10.1 Å². The van der Waals surface area contributed by atoms with Gasteiger partial charge in [-0.05, 0) is 45.8 Å². The van der Waals surface area contributed by atoms with Crippen LogP contribution in [0.5, 0.6) is 5.75 Å². The van der Waals surface area contributed by atoms with E-state index in [0.29, 0.717) is 33.3 Å². The summed E-state index contributed by atoms with van der Waals surface area (Å²) in [6.07, 6.45) is 1.81. The van der Waals surface area contributed by atoms with E-state index in [-0.39, 0.29) is 10.8 Å². The number of halogens is 2. The SMILES string of the molecule is COc1cc([N+](=O)[O-])ccc1NC(=S)Nc1nn(Cc2ccccc2Cl)cc1Br. The first-order valence-electron chi connectivity index (χ1n) is 8.24. The predicted octanol–water partition coefficient (Wildman–Crippen LogP) is 5.07. The Bertz CT molecular complexity index is 1080. The number of non-ortho nitro benzene ring substituents is 1. The lowest BCUT2D eigenvalue weighted by Crippen LogP contribution is -2.20. The van der Waals surface area contributed by atoms with E-state index >= 15 is 0 Å². The molecule has 0 aliphatic heterocycles. The van der Waals surface area contributed by atoms with Crippen LogP contribution in [0.2, 0.25) is 5.02 Å². The van der Waals surface area contributed by atoms with Gasteiger partial charge in [0, 0.05) is 17.3 Å². The van der Waals surface area contributed by atoms with E-state index in [1.54, 1.807) is 10.9 Å². The normalized spacial score (nSPS) is 10.4. The van der Waals surface area contributed by atoms with Gasteiger partial charge in [-0.15, -0.1) is 0 Å². The lowest BCUT2D eigenvalue weighted by Gasteiger charge is -2.12. The molecule has 11 heteroatoms. The molecule has 0 aliphatic rings. The molecule has 1 heterocycles. The van der Waals surface area contributed by atoms with Gasteiger partial charge in [0.1, 0.15) is 5.75 Å². The number of thiocarbonyl (C=S) groups is 1. The minimum Gasteiger partial charge on any atom is -0.494 e. The Hall–Kier alpha value is -2.69. The number of hydrogen-bond acceptors (Lipinski definition) is 5. The highest BCUT2D eigenvalue weighted by molar-refractivity contribution is 9.10. The van der Waals surface area contributed by atoms with Crippen LogP contribution in [0.25, 0.3) is 0 Å². The number of aromatic nitrogens is 2. The molecule has 0 unspecified atom stereocenters. The van der Waals surface area contributed by atoms with Crippen LogP contribution in [-0.2, 0) is 6.54 Å². The molecule has 2 aromatic carbocycles. The van der Waals surface area contributed by atoms with Gasteiger partial charge in [-0.1, -0.05) is 29.8 Å². The maximum Gasteiger partial charge on any atom is 0.273 e. The molecule has 0 bridgehead atoms. The monoisotopic (exact) mass is 495 g/mol. The Morgan fingerprint density at radius 1 is 1.34 bits per heavy atom. The van der Waals surface area contributed by atoms with Gasteiger partial charge in [0.25, 0.3) is 5.69 Å². The summed E-state index contributed by atoms with van der Waals surface area (Å²) >= 11 is 15.0. The van der Waals surface area contributed by atoms with Crippen LogP contribution >= 0.6 is 39.7 Å². The number of nitrogens with one attached hydrogen (secondary N) is 2. The molecule has 3 aromatic rings. The summed E-state index contributed by atoms with van der Waals surface area (Å²) < 4.78 is 7.63. The second-order valence-corrected chi connectivity index (χ2v) is 7.51. The molecule has 0 aliphatic carbocycles. The Morgan fingerprint density at radius 3 is 2.79 bits per heavy atom. The van der Waals surface area contributed by atoms with Crippen molar-refractivity contribution in [2.45, 2.75) is 6.54 Å². The summed E-state index contributed by atoms with van der Waals surface area (Å²) in [5.74, 6) is 0.807. The summed E-state index contributed by atoms with van der Waals surface area (Å²) in [5.41, 5.74) is 1.35. The van der Waals surface area contributed by atoms with Crippen molar-refractivity contribution in [2.24, 2.45) is 0 Å². The molecule has 0 spiro atoms. The fraction of sp³-hybridized carbons (Fsp3) is 0.111.